The molecule has 1 amide bonds. The van der Waals surface area contributed by atoms with E-state index < -0.39 is 5.76 Å². The van der Waals surface area contributed by atoms with Gasteiger partial charge in [0.05, 0.1) is 4.88 Å². The van der Waals surface area contributed by atoms with Gasteiger partial charge in [-0.1, -0.05) is 25.3 Å². The first-order valence-electron chi connectivity index (χ1n) is 7.61. The maximum absolute atomic E-state index is 12.0. The van der Waals surface area contributed by atoms with E-state index in [-0.39, 0.29) is 18.3 Å². The van der Waals surface area contributed by atoms with E-state index >= 15 is 0 Å². The van der Waals surface area contributed by atoms with Gasteiger partial charge in [-0.15, -0.1) is 16.4 Å². The summed E-state index contributed by atoms with van der Waals surface area (Å²) in [5.74, 6) is 0.0309. The second-order valence-corrected chi connectivity index (χ2v) is 6.56. The lowest BCUT2D eigenvalue weighted by atomic mass is 9.89. The van der Waals surface area contributed by atoms with Crippen molar-refractivity contribution in [3.05, 3.63) is 28.1 Å². The number of carbonyl (C=O) groups excluding carboxylic acids is 1. The molecule has 3 rings (SSSR count). The van der Waals surface area contributed by atoms with Gasteiger partial charge in [0.1, 0.15) is 6.54 Å². The maximum Gasteiger partial charge on any atom is 0.437 e. The van der Waals surface area contributed by atoms with Gasteiger partial charge in [0.15, 0.2) is 0 Å². The first-order chi connectivity index (χ1) is 10.7. The van der Waals surface area contributed by atoms with Crippen LogP contribution in [0.2, 0.25) is 0 Å². The Morgan fingerprint density at radius 3 is 2.95 bits per heavy atom. The Kier molecular flexibility index (Phi) is 4.72. The van der Waals surface area contributed by atoms with Gasteiger partial charge in [-0.05, 0) is 30.2 Å². The SMILES string of the molecule is O=C(Cn1nc(-c2cccs2)oc1=O)NCC1CCCCC1. The van der Waals surface area contributed by atoms with E-state index in [1.54, 1.807) is 0 Å². The molecular formula is C15H19N3O3S. The molecule has 0 radical (unpaired) electrons. The summed E-state index contributed by atoms with van der Waals surface area (Å²) in [6, 6.07) is 3.68. The molecule has 2 heterocycles. The van der Waals surface area contributed by atoms with Crippen LogP contribution in [0.4, 0.5) is 0 Å². The van der Waals surface area contributed by atoms with Crippen LogP contribution >= 0.6 is 11.3 Å². The van der Waals surface area contributed by atoms with Gasteiger partial charge in [0.2, 0.25) is 5.91 Å². The maximum atomic E-state index is 12.0. The van der Waals surface area contributed by atoms with Crippen LogP contribution in [0.25, 0.3) is 10.8 Å². The minimum Gasteiger partial charge on any atom is -0.387 e. The van der Waals surface area contributed by atoms with Crippen molar-refractivity contribution >= 4 is 17.2 Å². The third-order valence-electron chi connectivity index (χ3n) is 3.94. The molecule has 22 heavy (non-hydrogen) atoms. The molecule has 0 saturated heterocycles. The predicted octanol–water partition coefficient (Wildman–Crippen LogP) is 2.26. The van der Waals surface area contributed by atoms with Crippen molar-refractivity contribution in [3.63, 3.8) is 0 Å². The average molecular weight is 321 g/mol. The van der Waals surface area contributed by atoms with Crippen molar-refractivity contribution in [2.75, 3.05) is 6.54 Å². The number of nitrogens with zero attached hydrogens (tertiary/aromatic N) is 2. The summed E-state index contributed by atoms with van der Waals surface area (Å²) < 4.78 is 6.16. The highest BCUT2D eigenvalue weighted by molar-refractivity contribution is 7.13. The van der Waals surface area contributed by atoms with Gasteiger partial charge in [-0.2, -0.15) is 4.68 Å². The summed E-state index contributed by atoms with van der Waals surface area (Å²) in [4.78, 5) is 24.5. The van der Waals surface area contributed by atoms with Crippen LogP contribution in [0.3, 0.4) is 0 Å². The van der Waals surface area contributed by atoms with Crippen LogP contribution in [-0.2, 0) is 11.3 Å². The van der Waals surface area contributed by atoms with Crippen LogP contribution in [-0.4, -0.2) is 22.2 Å². The van der Waals surface area contributed by atoms with Gasteiger partial charge in [0, 0.05) is 6.54 Å². The first-order valence-corrected chi connectivity index (χ1v) is 8.49. The molecule has 0 atom stereocenters. The number of carbonyl (C=O) groups is 1. The third-order valence-corrected chi connectivity index (χ3v) is 4.80. The summed E-state index contributed by atoms with van der Waals surface area (Å²) >= 11 is 1.44. The van der Waals surface area contributed by atoms with Crippen molar-refractivity contribution in [1.82, 2.24) is 15.1 Å². The van der Waals surface area contributed by atoms with E-state index in [1.807, 2.05) is 17.5 Å². The van der Waals surface area contributed by atoms with E-state index in [4.69, 9.17) is 4.42 Å². The highest BCUT2D eigenvalue weighted by atomic mass is 32.1. The summed E-state index contributed by atoms with van der Waals surface area (Å²) in [6.07, 6.45) is 6.13. The Labute approximate surface area is 132 Å². The minimum atomic E-state index is -0.601. The highest BCUT2D eigenvalue weighted by Crippen LogP contribution is 2.23. The zero-order chi connectivity index (χ0) is 15.4. The molecule has 1 N–H and O–H groups in total. The topological polar surface area (TPSA) is 77.1 Å². The molecule has 2 aromatic heterocycles. The van der Waals surface area contributed by atoms with Crippen molar-refractivity contribution in [2.24, 2.45) is 5.92 Å². The number of rotatable bonds is 5. The smallest absolute Gasteiger partial charge is 0.387 e. The molecule has 0 spiro atoms. The zero-order valence-corrected chi connectivity index (χ0v) is 13.1. The van der Waals surface area contributed by atoms with E-state index in [1.165, 1.54) is 43.4 Å². The Bertz CT molecular complexity index is 669. The summed E-state index contributed by atoms with van der Waals surface area (Å²) in [7, 11) is 0. The number of hydrogen-bond acceptors (Lipinski definition) is 5. The molecular weight excluding hydrogens is 302 g/mol. The highest BCUT2D eigenvalue weighted by Gasteiger charge is 2.16. The predicted molar refractivity (Wildman–Crippen MR) is 83.7 cm³/mol. The molecule has 6 nitrogen and oxygen atoms in total. The second kappa shape index (κ2) is 6.91. The van der Waals surface area contributed by atoms with Crippen LogP contribution in [0.15, 0.2) is 26.7 Å². The molecule has 2 aromatic rings. The van der Waals surface area contributed by atoms with Crippen molar-refractivity contribution in [3.8, 4) is 10.8 Å². The Balaban J connectivity index is 1.56. The van der Waals surface area contributed by atoms with Crippen LogP contribution in [0.5, 0.6) is 0 Å². The number of hydrogen-bond donors (Lipinski definition) is 1. The molecule has 0 aliphatic heterocycles. The molecule has 1 saturated carbocycles. The fourth-order valence-electron chi connectivity index (χ4n) is 2.75. The van der Waals surface area contributed by atoms with Crippen molar-refractivity contribution in [1.29, 1.82) is 0 Å². The van der Waals surface area contributed by atoms with E-state index in [0.29, 0.717) is 12.5 Å². The largest absolute Gasteiger partial charge is 0.437 e. The molecule has 0 aromatic carbocycles. The molecule has 1 aliphatic rings. The molecule has 0 unspecified atom stereocenters. The van der Waals surface area contributed by atoms with Crippen LogP contribution in [0.1, 0.15) is 32.1 Å². The fraction of sp³-hybridized carbons (Fsp3) is 0.533. The molecule has 118 valence electrons. The van der Waals surface area contributed by atoms with Crippen LogP contribution in [0, 0.1) is 5.92 Å². The average Bonchev–Trinajstić information content (AvgIpc) is 3.17. The third kappa shape index (κ3) is 3.65. The first kappa shape index (κ1) is 15.0. The monoisotopic (exact) mass is 321 g/mol. The Morgan fingerprint density at radius 1 is 1.41 bits per heavy atom. The quantitative estimate of drug-likeness (QED) is 0.916. The lowest BCUT2D eigenvalue weighted by Gasteiger charge is -2.21. The molecule has 1 fully saturated rings. The number of amides is 1. The molecule has 7 heteroatoms. The Morgan fingerprint density at radius 2 is 2.23 bits per heavy atom. The van der Waals surface area contributed by atoms with Gasteiger partial charge in [-0.25, -0.2) is 4.79 Å². The van der Waals surface area contributed by atoms with Gasteiger partial charge >= 0.3 is 5.76 Å². The lowest BCUT2D eigenvalue weighted by molar-refractivity contribution is -0.122. The number of nitrogens with one attached hydrogen (secondary N) is 1. The molecule has 0 bridgehead atoms. The molecule has 1 aliphatic carbocycles. The number of aromatic nitrogens is 2. The van der Waals surface area contributed by atoms with Crippen LogP contribution < -0.4 is 11.1 Å². The Hall–Kier alpha value is -1.89. The van der Waals surface area contributed by atoms with E-state index in [9.17, 15) is 9.59 Å². The summed E-state index contributed by atoms with van der Waals surface area (Å²) in [6.45, 7) is 0.587. The summed E-state index contributed by atoms with van der Waals surface area (Å²) in [5, 5.41) is 8.85. The fourth-order valence-corrected chi connectivity index (χ4v) is 3.39. The lowest BCUT2D eigenvalue weighted by Crippen LogP contribution is -2.35. The second-order valence-electron chi connectivity index (χ2n) is 5.62. The van der Waals surface area contributed by atoms with E-state index in [0.717, 1.165) is 9.56 Å². The normalized spacial score (nSPS) is 15.8. The summed E-state index contributed by atoms with van der Waals surface area (Å²) in [5.41, 5.74) is 0. The minimum absolute atomic E-state index is 0.0968. The van der Waals surface area contributed by atoms with Gasteiger partial charge in [-0.3, -0.25) is 4.79 Å². The van der Waals surface area contributed by atoms with Gasteiger partial charge in [0.25, 0.3) is 5.89 Å². The standard InChI is InChI=1S/C15H19N3O3S/c19-13(16-9-11-5-2-1-3-6-11)10-18-15(20)21-14(17-18)12-7-4-8-22-12/h4,7-8,11H,1-3,5-6,9-10H2,(H,16,19). The zero-order valence-electron chi connectivity index (χ0n) is 12.3. The van der Waals surface area contributed by atoms with Crippen molar-refractivity contribution < 1.29 is 9.21 Å². The van der Waals surface area contributed by atoms with Gasteiger partial charge < -0.3 is 9.73 Å². The van der Waals surface area contributed by atoms with Crippen molar-refractivity contribution in [2.45, 2.75) is 38.6 Å². The number of thiophene rings is 1. The van der Waals surface area contributed by atoms with E-state index in [2.05, 4.69) is 10.4 Å².